The Kier molecular flexibility index (Phi) is 3.31. The number of carboxylic acids is 1. The van der Waals surface area contributed by atoms with Crippen LogP contribution in [0.4, 0.5) is 0 Å². The Hall–Kier alpha value is -2.08. The molecular weight excluding hydrogens is 258 g/mol. The lowest BCUT2D eigenvalue weighted by atomic mass is 10.2. The van der Waals surface area contributed by atoms with E-state index < -0.39 is 5.97 Å². The number of rotatable bonds is 4. The molecule has 1 aliphatic carbocycles. The van der Waals surface area contributed by atoms with Crippen LogP contribution < -0.4 is 5.32 Å². The molecule has 0 bridgehead atoms. The average molecular weight is 275 g/mol. The topological polar surface area (TPSA) is 86.9 Å². The summed E-state index contributed by atoms with van der Waals surface area (Å²) in [6.45, 7) is 0.503. The summed E-state index contributed by atoms with van der Waals surface area (Å²) in [5, 5.41) is 22.2. The molecule has 0 aromatic carbocycles. The van der Waals surface area contributed by atoms with E-state index in [1.54, 1.807) is 10.5 Å². The van der Waals surface area contributed by atoms with E-state index in [4.69, 9.17) is 0 Å². The predicted octanol–water partition coefficient (Wildman–Crippen LogP) is 1.77. The number of fused-ring (bicyclic) bond motifs is 1. The lowest BCUT2D eigenvalue weighted by molar-refractivity contribution is 0.0693. The molecule has 0 amide bonds. The highest BCUT2D eigenvalue weighted by Crippen LogP contribution is 2.20. The monoisotopic (exact) mass is 275 g/mol. The molecule has 0 spiro atoms. The molecule has 2 heterocycles. The minimum Gasteiger partial charge on any atom is -0.506 e. The number of aromatic nitrogens is 2. The minimum atomic E-state index is -1.06. The number of nitrogens with zero attached hydrogens (tertiary/aromatic N) is 2. The molecule has 1 aliphatic rings. The van der Waals surface area contributed by atoms with Crippen LogP contribution in [0.3, 0.4) is 0 Å². The van der Waals surface area contributed by atoms with Crippen LogP contribution >= 0.6 is 0 Å². The standard InChI is InChI=1S/C14H17N3O3/c18-10-5-6-11-13(14(19)20)16-12(17(11)8-10)7-15-9-3-1-2-4-9/h5-6,8-9,15,18H,1-4,7H2,(H,19,20). The maximum absolute atomic E-state index is 11.2. The third-order valence-corrected chi connectivity index (χ3v) is 3.80. The molecule has 3 rings (SSSR count). The number of carbonyl (C=O) groups is 1. The van der Waals surface area contributed by atoms with Crippen molar-refractivity contribution in [3.8, 4) is 5.75 Å². The summed E-state index contributed by atoms with van der Waals surface area (Å²) in [6, 6.07) is 3.52. The third-order valence-electron chi connectivity index (χ3n) is 3.80. The molecule has 1 saturated carbocycles. The molecule has 0 unspecified atom stereocenters. The summed E-state index contributed by atoms with van der Waals surface area (Å²) < 4.78 is 1.64. The number of pyridine rings is 1. The average Bonchev–Trinajstić information content (AvgIpc) is 3.03. The molecule has 6 heteroatoms. The first-order valence-corrected chi connectivity index (χ1v) is 6.82. The van der Waals surface area contributed by atoms with Crippen molar-refractivity contribution >= 4 is 11.5 Å². The van der Waals surface area contributed by atoms with Gasteiger partial charge in [0.05, 0.1) is 18.3 Å². The minimum absolute atomic E-state index is 0.0215. The molecule has 6 nitrogen and oxygen atoms in total. The number of aromatic carboxylic acids is 1. The van der Waals surface area contributed by atoms with Crippen LogP contribution in [0.1, 0.15) is 42.0 Å². The normalized spacial score (nSPS) is 16.0. The molecule has 106 valence electrons. The van der Waals surface area contributed by atoms with Gasteiger partial charge in [0.25, 0.3) is 0 Å². The fraction of sp³-hybridized carbons (Fsp3) is 0.429. The molecule has 2 aromatic rings. The van der Waals surface area contributed by atoms with Crippen molar-refractivity contribution in [2.75, 3.05) is 0 Å². The Morgan fingerprint density at radius 2 is 2.15 bits per heavy atom. The van der Waals surface area contributed by atoms with Crippen molar-refractivity contribution in [2.24, 2.45) is 0 Å². The van der Waals surface area contributed by atoms with Gasteiger partial charge in [-0.2, -0.15) is 0 Å². The molecule has 3 N–H and O–H groups in total. The number of imidazole rings is 1. The summed E-state index contributed by atoms with van der Waals surface area (Å²) in [6.07, 6.45) is 6.28. The lowest BCUT2D eigenvalue weighted by Crippen LogP contribution is -2.26. The highest BCUT2D eigenvalue weighted by atomic mass is 16.4. The van der Waals surface area contributed by atoms with Gasteiger partial charge in [-0.1, -0.05) is 12.8 Å². The van der Waals surface area contributed by atoms with Gasteiger partial charge in [-0.3, -0.25) is 4.40 Å². The zero-order valence-corrected chi connectivity index (χ0v) is 11.0. The molecule has 0 radical (unpaired) electrons. The highest BCUT2D eigenvalue weighted by molar-refractivity contribution is 5.93. The fourth-order valence-electron chi connectivity index (χ4n) is 2.78. The summed E-state index contributed by atoms with van der Waals surface area (Å²) in [4.78, 5) is 15.4. The second kappa shape index (κ2) is 5.13. The fourth-order valence-corrected chi connectivity index (χ4v) is 2.78. The first kappa shape index (κ1) is 12.9. The van der Waals surface area contributed by atoms with Crippen molar-refractivity contribution in [1.82, 2.24) is 14.7 Å². The van der Waals surface area contributed by atoms with Crippen LogP contribution in [0.15, 0.2) is 18.3 Å². The summed E-state index contributed by atoms with van der Waals surface area (Å²) in [5.41, 5.74) is 0.520. The molecule has 0 aliphatic heterocycles. The molecule has 20 heavy (non-hydrogen) atoms. The van der Waals surface area contributed by atoms with E-state index in [0.717, 1.165) is 12.8 Å². The lowest BCUT2D eigenvalue weighted by Gasteiger charge is -2.10. The van der Waals surface area contributed by atoms with Crippen LogP contribution in [0.5, 0.6) is 5.75 Å². The van der Waals surface area contributed by atoms with Gasteiger partial charge < -0.3 is 15.5 Å². The highest BCUT2D eigenvalue weighted by Gasteiger charge is 2.19. The zero-order chi connectivity index (χ0) is 14.1. The number of hydrogen-bond donors (Lipinski definition) is 3. The summed E-state index contributed by atoms with van der Waals surface area (Å²) in [5.74, 6) is -0.352. The maximum atomic E-state index is 11.2. The quantitative estimate of drug-likeness (QED) is 0.791. The summed E-state index contributed by atoms with van der Waals surface area (Å²) in [7, 11) is 0. The third kappa shape index (κ3) is 2.34. The van der Waals surface area contributed by atoms with E-state index in [-0.39, 0.29) is 11.4 Å². The Morgan fingerprint density at radius 3 is 2.85 bits per heavy atom. The van der Waals surface area contributed by atoms with E-state index in [9.17, 15) is 15.0 Å². The zero-order valence-electron chi connectivity index (χ0n) is 11.0. The first-order valence-electron chi connectivity index (χ1n) is 6.82. The van der Waals surface area contributed by atoms with Gasteiger partial charge in [-0.15, -0.1) is 0 Å². The van der Waals surface area contributed by atoms with Gasteiger partial charge in [-0.05, 0) is 25.0 Å². The van der Waals surface area contributed by atoms with Crippen molar-refractivity contribution in [3.63, 3.8) is 0 Å². The number of carboxylic acid groups (broad SMARTS) is 1. The van der Waals surface area contributed by atoms with Crippen LogP contribution in [0, 0.1) is 0 Å². The Bertz CT molecular complexity index is 644. The van der Waals surface area contributed by atoms with Crippen molar-refractivity contribution in [2.45, 2.75) is 38.3 Å². The summed E-state index contributed by atoms with van der Waals surface area (Å²) >= 11 is 0. The Morgan fingerprint density at radius 1 is 1.40 bits per heavy atom. The SMILES string of the molecule is O=C(O)c1nc(CNC2CCCC2)n2cc(O)ccc12. The van der Waals surface area contributed by atoms with Crippen molar-refractivity contribution in [3.05, 3.63) is 29.8 Å². The molecule has 2 aromatic heterocycles. The Labute approximate surface area is 116 Å². The number of nitrogens with one attached hydrogen (secondary N) is 1. The van der Waals surface area contributed by atoms with Gasteiger partial charge in [0, 0.05) is 6.04 Å². The number of aromatic hydroxyl groups is 1. The molecular formula is C14H17N3O3. The molecule has 0 saturated heterocycles. The number of hydrogen-bond acceptors (Lipinski definition) is 4. The second-order valence-electron chi connectivity index (χ2n) is 5.19. The molecule has 1 fully saturated rings. The van der Waals surface area contributed by atoms with Gasteiger partial charge in [0.1, 0.15) is 11.6 Å². The Balaban J connectivity index is 1.92. The second-order valence-corrected chi connectivity index (χ2v) is 5.19. The van der Waals surface area contributed by atoms with Gasteiger partial charge in [0.15, 0.2) is 5.69 Å². The first-order chi connectivity index (χ1) is 9.65. The van der Waals surface area contributed by atoms with Crippen LogP contribution in [0.2, 0.25) is 0 Å². The predicted molar refractivity (Wildman–Crippen MR) is 72.9 cm³/mol. The van der Waals surface area contributed by atoms with E-state index >= 15 is 0 Å². The van der Waals surface area contributed by atoms with E-state index in [2.05, 4.69) is 10.3 Å². The van der Waals surface area contributed by atoms with Crippen LogP contribution in [-0.2, 0) is 6.54 Å². The van der Waals surface area contributed by atoms with Crippen LogP contribution in [0.25, 0.3) is 5.52 Å². The largest absolute Gasteiger partial charge is 0.506 e. The van der Waals surface area contributed by atoms with Crippen molar-refractivity contribution in [1.29, 1.82) is 0 Å². The van der Waals surface area contributed by atoms with Gasteiger partial charge in [-0.25, -0.2) is 9.78 Å². The van der Waals surface area contributed by atoms with Gasteiger partial charge >= 0.3 is 5.97 Å². The van der Waals surface area contributed by atoms with Gasteiger partial charge in [0.2, 0.25) is 0 Å². The van der Waals surface area contributed by atoms with Crippen molar-refractivity contribution < 1.29 is 15.0 Å². The van der Waals surface area contributed by atoms with E-state index in [0.29, 0.717) is 23.9 Å². The van der Waals surface area contributed by atoms with E-state index in [1.165, 1.54) is 25.1 Å². The maximum Gasteiger partial charge on any atom is 0.356 e. The smallest absolute Gasteiger partial charge is 0.356 e. The molecule has 0 atom stereocenters. The van der Waals surface area contributed by atoms with E-state index in [1.807, 2.05) is 0 Å². The van der Waals surface area contributed by atoms with Crippen LogP contribution in [-0.4, -0.2) is 31.6 Å².